The smallest absolute Gasteiger partial charge is 0.246 e. The molecule has 0 aromatic heterocycles. The molecule has 1 saturated heterocycles. The summed E-state index contributed by atoms with van der Waals surface area (Å²) in [6, 6.07) is 7.53. The van der Waals surface area contributed by atoms with Crippen molar-refractivity contribution in [3.8, 4) is 0 Å². The Morgan fingerprint density at radius 3 is 2.95 bits per heavy atom. The second-order valence-electron chi connectivity index (χ2n) is 5.37. The Bertz CT molecular complexity index is 497. The van der Waals surface area contributed by atoms with Crippen molar-refractivity contribution in [3.05, 3.63) is 35.9 Å². The van der Waals surface area contributed by atoms with Crippen LogP contribution in [0.2, 0.25) is 0 Å². The number of amides is 1. The van der Waals surface area contributed by atoms with Crippen LogP contribution >= 0.6 is 11.8 Å². The lowest BCUT2D eigenvalue weighted by Gasteiger charge is -2.37. The lowest BCUT2D eigenvalue weighted by Crippen LogP contribution is -2.45. The maximum atomic E-state index is 12.1. The first-order valence-electron chi connectivity index (χ1n) is 6.43. The molecule has 0 spiro atoms. The minimum Gasteiger partial charge on any atom is -0.399 e. The SMILES string of the molecule is CC1(C)CN(C(=O)/C=C/c2cccc(N)c2)CCS1. The van der Waals surface area contributed by atoms with Gasteiger partial charge in [0.05, 0.1) is 0 Å². The largest absolute Gasteiger partial charge is 0.399 e. The molecule has 19 heavy (non-hydrogen) atoms. The molecule has 102 valence electrons. The standard InChI is InChI=1S/C15H20N2OS/c1-15(2)11-17(8-9-19-15)14(18)7-6-12-4-3-5-13(16)10-12/h3-7,10H,8-9,11,16H2,1-2H3/b7-6+. The molecule has 0 radical (unpaired) electrons. The van der Waals surface area contributed by atoms with Gasteiger partial charge in [-0.2, -0.15) is 11.8 Å². The van der Waals surface area contributed by atoms with Crippen LogP contribution in [-0.4, -0.2) is 34.4 Å². The van der Waals surface area contributed by atoms with Crippen LogP contribution in [0.5, 0.6) is 0 Å². The van der Waals surface area contributed by atoms with E-state index in [9.17, 15) is 4.79 Å². The molecule has 4 heteroatoms. The first-order valence-corrected chi connectivity index (χ1v) is 7.41. The van der Waals surface area contributed by atoms with Crippen molar-refractivity contribution >= 4 is 29.4 Å². The molecule has 1 fully saturated rings. The third kappa shape index (κ3) is 4.03. The van der Waals surface area contributed by atoms with Gasteiger partial charge in [-0.15, -0.1) is 0 Å². The van der Waals surface area contributed by atoms with Crippen molar-refractivity contribution in [1.82, 2.24) is 4.90 Å². The van der Waals surface area contributed by atoms with Gasteiger partial charge >= 0.3 is 0 Å². The fourth-order valence-electron chi connectivity index (χ4n) is 2.14. The number of rotatable bonds is 2. The minimum atomic E-state index is 0.0794. The van der Waals surface area contributed by atoms with Crippen LogP contribution in [0.25, 0.3) is 6.08 Å². The topological polar surface area (TPSA) is 46.3 Å². The fraction of sp³-hybridized carbons (Fsp3) is 0.400. The Hall–Kier alpha value is -1.42. The van der Waals surface area contributed by atoms with Crippen LogP contribution in [0.3, 0.4) is 0 Å². The van der Waals surface area contributed by atoms with E-state index in [1.54, 1.807) is 6.08 Å². The van der Waals surface area contributed by atoms with Crippen molar-refractivity contribution in [3.63, 3.8) is 0 Å². The van der Waals surface area contributed by atoms with Gasteiger partial charge in [-0.3, -0.25) is 4.79 Å². The first kappa shape index (κ1) is 14.0. The lowest BCUT2D eigenvalue weighted by atomic mass is 10.1. The summed E-state index contributed by atoms with van der Waals surface area (Å²) >= 11 is 1.92. The molecule has 1 amide bonds. The Balaban J connectivity index is 2.01. The summed E-state index contributed by atoms with van der Waals surface area (Å²) < 4.78 is 0.152. The van der Waals surface area contributed by atoms with Crippen molar-refractivity contribution in [2.75, 3.05) is 24.6 Å². The Morgan fingerprint density at radius 1 is 1.47 bits per heavy atom. The molecular formula is C15H20N2OS. The van der Waals surface area contributed by atoms with Gasteiger partial charge in [-0.25, -0.2) is 0 Å². The summed E-state index contributed by atoms with van der Waals surface area (Å²) in [4.78, 5) is 14.1. The van der Waals surface area contributed by atoms with Gasteiger partial charge < -0.3 is 10.6 Å². The van der Waals surface area contributed by atoms with Crippen LogP contribution in [0.15, 0.2) is 30.3 Å². The average molecular weight is 276 g/mol. The highest BCUT2D eigenvalue weighted by molar-refractivity contribution is 8.00. The maximum absolute atomic E-state index is 12.1. The number of nitrogens with zero attached hydrogens (tertiary/aromatic N) is 1. The molecule has 1 aliphatic rings. The Labute approximate surface area is 118 Å². The zero-order valence-corrected chi connectivity index (χ0v) is 12.2. The van der Waals surface area contributed by atoms with E-state index in [2.05, 4.69) is 13.8 Å². The predicted molar refractivity (Wildman–Crippen MR) is 83.0 cm³/mol. The highest BCUT2D eigenvalue weighted by atomic mass is 32.2. The number of carbonyl (C=O) groups excluding carboxylic acids is 1. The molecule has 1 aromatic carbocycles. The van der Waals surface area contributed by atoms with E-state index >= 15 is 0 Å². The van der Waals surface area contributed by atoms with Gasteiger partial charge in [0.25, 0.3) is 0 Å². The normalized spacial score (nSPS) is 18.7. The third-order valence-corrected chi connectivity index (χ3v) is 4.36. The summed E-state index contributed by atoms with van der Waals surface area (Å²) in [5.74, 6) is 1.08. The van der Waals surface area contributed by atoms with Crippen molar-refractivity contribution in [2.24, 2.45) is 0 Å². The second kappa shape index (κ2) is 5.70. The fourth-order valence-corrected chi connectivity index (χ4v) is 3.25. The maximum Gasteiger partial charge on any atom is 0.246 e. The summed E-state index contributed by atoms with van der Waals surface area (Å²) in [6.07, 6.45) is 3.47. The predicted octanol–water partition coefficient (Wildman–Crippen LogP) is 2.64. The van der Waals surface area contributed by atoms with Crippen LogP contribution < -0.4 is 5.73 Å². The number of hydrogen-bond donors (Lipinski definition) is 1. The minimum absolute atomic E-state index is 0.0794. The second-order valence-corrected chi connectivity index (χ2v) is 7.17. The molecule has 0 aliphatic carbocycles. The van der Waals surface area contributed by atoms with Crippen LogP contribution in [-0.2, 0) is 4.79 Å². The van der Waals surface area contributed by atoms with Gasteiger partial charge in [-0.05, 0) is 37.6 Å². The monoisotopic (exact) mass is 276 g/mol. The van der Waals surface area contributed by atoms with Gasteiger partial charge in [0.1, 0.15) is 0 Å². The summed E-state index contributed by atoms with van der Waals surface area (Å²) in [6.45, 7) is 5.99. The van der Waals surface area contributed by atoms with Crippen LogP contribution in [0, 0.1) is 0 Å². The number of benzene rings is 1. The number of hydrogen-bond acceptors (Lipinski definition) is 3. The Kier molecular flexibility index (Phi) is 4.20. The molecule has 0 bridgehead atoms. The summed E-state index contributed by atoms with van der Waals surface area (Å²) in [7, 11) is 0. The van der Waals surface area contributed by atoms with Gasteiger partial charge in [0.2, 0.25) is 5.91 Å². The molecular weight excluding hydrogens is 256 g/mol. The first-order chi connectivity index (χ1) is 8.96. The van der Waals surface area contributed by atoms with Crippen molar-refractivity contribution in [2.45, 2.75) is 18.6 Å². The number of carbonyl (C=O) groups is 1. The molecule has 1 aromatic rings. The molecule has 0 saturated carbocycles. The number of nitrogens with two attached hydrogens (primary N) is 1. The number of nitrogen functional groups attached to an aromatic ring is 1. The van der Waals surface area contributed by atoms with Gasteiger partial charge in [-0.1, -0.05) is 12.1 Å². The van der Waals surface area contributed by atoms with Crippen LogP contribution in [0.1, 0.15) is 19.4 Å². The molecule has 0 atom stereocenters. The average Bonchev–Trinajstić information content (AvgIpc) is 2.35. The van der Waals surface area contributed by atoms with Crippen LogP contribution in [0.4, 0.5) is 5.69 Å². The quantitative estimate of drug-likeness (QED) is 0.667. The lowest BCUT2D eigenvalue weighted by molar-refractivity contribution is -0.126. The zero-order chi connectivity index (χ0) is 13.9. The van der Waals surface area contributed by atoms with E-state index in [0.29, 0.717) is 5.69 Å². The van der Waals surface area contributed by atoms with Gasteiger partial charge in [0, 0.05) is 35.4 Å². The summed E-state index contributed by atoms with van der Waals surface area (Å²) in [5, 5.41) is 0. The highest BCUT2D eigenvalue weighted by Crippen LogP contribution is 2.29. The van der Waals surface area contributed by atoms with Gasteiger partial charge in [0.15, 0.2) is 0 Å². The highest BCUT2D eigenvalue weighted by Gasteiger charge is 2.28. The zero-order valence-electron chi connectivity index (χ0n) is 11.4. The summed E-state index contributed by atoms with van der Waals surface area (Å²) in [5.41, 5.74) is 7.38. The molecule has 2 rings (SSSR count). The van der Waals surface area contributed by atoms with E-state index < -0.39 is 0 Å². The molecule has 3 nitrogen and oxygen atoms in total. The number of thioether (sulfide) groups is 1. The third-order valence-electron chi connectivity index (χ3n) is 3.07. The molecule has 0 unspecified atom stereocenters. The molecule has 2 N–H and O–H groups in total. The van der Waals surface area contributed by atoms with E-state index in [-0.39, 0.29) is 10.7 Å². The van der Waals surface area contributed by atoms with Crippen molar-refractivity contribution in [1.29, 1.82) is 0 Å². The van der Waals surface area contributed by atoms with Crippen molar-refractivity contribution < 1.29 is 4.79 Å². The van der Waals surface area contributed by atoms with E-state index in [4.69, 9.17) is 5.73 Å². The molecule has 1 heterocycles. The van der Waals surface area contributed by atoms with E-state index in [1.807, 2.05) is 47.0 Å². The Morgan fingerprint density at radius 2 is 2.26 bits per heavy atom. The number of anilines is 1. The van der Waals surface area contributed by atoms with E-state index in [1.165, 1.54) is 0 Å². The van der Waals surface area contributed by atoms with E-state index in [0.717, 1.165) is 24.4 Å². The molecule has 1 aliphatic heterocycles.